The molecule has 6 nitrogen and oxygen atoms in total. The topological polar surface area (TPSA) is 75.5 Å². The number of hydrogen-bond acceptors (Lipinski definition) is 3. The van der Waals surface area contributed by atoms with Crippen molar-refractivity contribution in [3.63, 3.8) is 0 Å². The average Bonchev–Trinajstić information content (AvgIpc) is 2.74. The number of carbonyl (C=O) groups is 2. The number of amides is 2. The molecule has 0 fully saturated rings. The van der Waals surface area contributed by atoms with Gasteiger partial charge in [-0.15, -0.1) is 0 Å². The molecular weight excluding hydrogens is 292 g/mol. The third kappa shape index (κ3) is 4.09. The van der Waals surface area contributed by atoms with Crippen molar-refractivity contribution < 1.29 is 9.59 Å². The summed E-state index contributed by atoms with van der Waals surface area (Å²) in [6, 6.07) is 5.39. The Balaban J connectivity index is 2.48. The summed E-state index contributed by atoms with van der Waals surface area (Å²) in [6.07, 6.45) is 1.73. The Kier molecular flexibility index (Phi) is 4.20. The Morgan fingerprint density at radius 2 is 1.52 bits per heavy atom. The molecule has 0 aliphatic rings. The first-order chi connectivity index (χ1) is 10.5. The quantitative estimate of drug-likeness (QED) is 0.893. The number of fused-ring (bicyclic) bond motifs is 1. The van der Waals surface area contributed by atoms with Crippen LogP contribution in [0.3, 0.4) is 0 Å². The van der Waals surface area contributed by atoms with Crippen LogP contribution >= 0.6 is 0 Å². The first kappa shape index (κ1) is 17.0. The molecule has 0 unspecified atom stereocenters. The molecule has 2 rings (SSSR count). The summed E-state index contributed by atoms with van der Waals surface area (Å²) >= 11 is 0. The van der Waals surface area contributed by atoms with E-state index in [1.165, 1.54) is 0 Å². The van der Waals surface area contributed by atoms with Crippen molar-refractivity contribution in [1.82, 2.24) is 20.0 Å². The number of pyridine rings is 1. The fourth-order valence-corrected chi connectivity index (χ4v) is 2.16. The zero-order valence-electron chi connectivity index (χ0n) is 14.5. The minimum atomic E-state index is -0.383. The van der Waals surface area contributed by atoms with Gasteiger partial charge in [-0.2, -0.15) is 0 Å². The van der Waals surface area contributed by atoms with Gasteiger partial charge in [-0.1, -0.05) is 6.07 Å². The molecule has 0 saturated carbocycles. The second-order valence-electron chi connectivity index (χ2n) is 7.65. The van der Waals surface area contributed by atoms with Crippen LogP contribution in [0.15, 0.2) is 24.4 Å². The Hall–Kier alpha value is -2.37. The summed E-state index contributed by atoms with van der Waals surface area (Å²) in [6.45, 7) is 11.4. The molecular formula is C17H24N4O2. The van der Waals surface area contributed by atoms with E-state index < -0.39 is 0 Å². The van der Waals surface area contributed by atoms with E-state index >= 15 is 0 Å². The summed E-state index contributed by atoms with van der Waals surface area (Å²) in [7, 11) is 0. The van der Waals surface area contributed by atoms with Crippen molar-refractivity contribution in [1.29, 1.82) is 0 Å². The second-order valence-corrected chi connectivity index (χ2v) is 7.65. The fraction of sp³-hybridized carbons (Fsp3) is 0.471. The predicted octanol–water partition coefficient (Wildman–Crippen LogP) is 2.39. The molecule has 6 heteroatoms. The molecule has 0 aliphatic heterocycles. The van der Waals surface area contributed by atoms with Gasteiger partial charge in [-0.05, 0) is 53.7 Å². The SMILES string of the molecule is CC(C)(C)NC(=O)c1nc(C(=O)NC(C)(C)C)n2ccccc12. The third-order valence-corrected chi connectivity index (χ3v) is 2.94. The highest BCUT2D eigenvalue weighted by atomic mass is 16.2. The zero-order chi connectivity index (χ0) is 17.4. The van der Waals surface area contributed by atoms with Gasteiger partial charge in [0.05, 0.1) is 5.52 Å². The molecule has 2 amide bonds. The van der Waals surface area contributed by atoms with Crippen LogP contribution in [0.1, 0.15) is 62.6 Å². The van der Waals surface area contributed by atoms with Crippen LogP contribution in [-0.2, 0) is 0 Å². The summed E-state index contributed by atoms with van der Waals surface area (Å²) < 4.78 is 1.64. The standard InChI is InChI=1S/C17H24N4O2/c1-16(2,3)19-14(22)12-11-9-7-8-10-21(11)13(18-12)15(23)20-17(4,5)6/h7-10H,1-6H3,(H,19,22)(H,20,23). The molecule has 2 N–H and O–H groups in total. The minimum absolute atomic E-state index is 0.203. The molecule has 0 radical (unpaired) electrons. The highest BCUT2D eigenvalue weighted by Gasteiger charge is 2.25. The maximum atomic E-state index is 12.5. The maximum Gasteiger partial charge on any atom is 0.288 e. The van der Waals surface area contributed by atoms with Gasteiger partial charge in [-0.3, -0.25) is 14.0 Å². The number of imidazole rings is 1. The molecule has 0 bridgehead atoms. The number of aromatic nitrogens is 2. The molecule has 0 aliphatic carbocycles. The largest absolute Gasteiger partial charge is 0.346 e. The third-order valence-electron chi connectivity index (χ3n) is 2.94. The van der Waals surface area contributed by atoms with Crippen molar-refractivity contribution >= 4 is 17.3 Å². The van der Waals surface area contributed by atoms with E-state index in [-0.39, 0.29) is 34.4 Å². The maximum absolute atomic E-state index is 12.5. The highest BCUT2D eigenvalue weighted by Crippen LogP contribution is 2.15. The molecule has 2 aromatic heterocycles. The lowest BCUT2D eigenvalue weighted by Gasteiger charge is -2.20. The van der Waals surface area contributed by atoms with E-state index in [9.17, 15) is 9.59 Å². The molecule has 0 atom stereocenters. The van der Waals surface area contributed by atoms with E-state index in [2.05, 4.69) is 15.6 Å². The first-order valence-corrected chi connectivity index (χ1v) is 7.60. The van der Waals surface area contributed by atoms with Crippen molar-refractivity contribution in [3.05, 3.63) is 35.9 Å². The van der Waals surface area contributed by atoms with Crippen LogP contribution < -0.4 is 10.6 Å². The summed E-state index contributed by atoms with van der Waals surface area (Å²) in [4.78, 5) is 29.2. The molecule has 23 heavy (non-hydrogen) atoms. The molecule has 2 heterocycles. The number of hydrogen-bond donors (Lipinski definition) is 2. The summed E-state index contributed by atoms with van der Waals surface area (Å²) in [5.41, 5.74) is 0.0918. The van der Waals surface area contributed by atoms with Crippen LogP contribution in [0, 0.1) is 0 Å². The van der Waals surface area contributed by atoms with Gasteiger partial charge in [0.25, 0.3) is 11.8 Å². The molecule has 0 spiro atoms. The number of nitrogens with zero attached hydrogens (tertiary/aromatic N) is 2. The molecule has 124 valence electrons. The van der Waals surface area contributed by atoms with Gasteiger partial charge >= 0.3 is 0 Å². The zero-order valence-corrected chi connectivity index (χ0v) is 14.5. The van der Waals surface area contributed by atoms with Crippen LogP contribution in [0.4, 0.5) is 0 Å². The Bertz CT molecular complexity index is 686. The summed E-state index contributed by atoms with van der Waals surface area (Å²) in [5.74, 6) is -0.404. The Morgan fingerprint density at radius 3 is 2.09 bits per heavy atom. The van der Waals surface area contributed by atoms with Crippen LogP contribution in [0.5, 0.6) is 0 Å². The van der Waals surface area contributed by atoms with Gasteiger partial charge < -0.3 is 10.6 Å². The van der Waals surface area contributed by atoms with E-state index in [4.69, 9.17) is 0 Å². The number of nitrogens with one attached hydrogen (secondary N) is 2. The van der Waals surface area contributed by atoms with E-state index in [1.807, 2.05) is 47.6 Å². The number of carbonyl (C=O) groups excluding carboxylic acids is 2. The lowest BCUT2D eigenvalue weighted by atomic mass is 10.1. The summed E-state index contributed by atoms with van der Waals surface area (Å²) in [5, 5.41) is 5.76. The highest BCUT2D eigenvalue weighted by molar-refractivity contribution is 6.02. The normalized spacial score (nSPS) is 12.3. The lowest BCUT2D eigenvalue weighted by molar-refractivity contribution is 0.0908. The van der Waals surface area contributed by atoms with E-state index in [0.29, 0.717) is 5.52 Å². The van der Waals surface area contributed by atoms with Crippen molar-refractivity contribution in [2.45, 2.75) is 52.6 Å². The van der Waals surface area contributed by atoms with E-state index in [0.717, 1.165) is 0 Å². The fourth-order valence-electron chi connectivity index (χ4n) is 2.16. The molecule has 0 saturated heterocycles. The van der Waals surface area contributed by atoms with Crippen molar-refractivity contribution in [3.8, 4) is 0 Å². The Morgan fingerprint density at radius 1 is 0.957 bits per heavy atom. The molecule has 2 aromatic rings. The van der Waals surface area contributed by atoms with Gasteiger partial charge in [0, 0.05) is 17.3 Å². The lowest BCUT2D eigenvalue weighted by Crippen LogP contribution is -2.41. The van der Waals surface area contributed by atoms with Crippen LogP contribution in [-0.4, -0.2) is 32.3 Å². The number of rotatable bonds is 2. The predicted molar refractivity (Wildman–Crippen MR) is 89.6 cm³/mol. The van der Waals surface area contributed by atoms with Crippen molar-refractivity contribution in [2.24, 2.45) is 0 Å². The Labute approximate surface area is 136 Å². The van der Waals surface area contributed by atoms with Crippen LogP contribution in [0.25, 0.3) is 5.52 Å². The average molecular weight is 316 g/mol. The van der Waals surface area contributed by atoms with Gasteiger partial charge in [0.15, 0.2) is 5.69 Å². The monoisotopic (exact) mass is 316 g/mol. The van der Waals surface area contributed by atoms with E-state index in [1.54, 1.807) is 22.7 Å². The van der Waals surface area contributed by atoms with Gasteiger partial charge in [0.1, 0.15) is 0 Å². The van der Waals surface area contributed by atoms with Crippen molar-refractivity contribution in [2.75, 3.05) is 0 Å². The smallest absolute Gasteiger partial charge is 0.288 e. The minimum Gasteiger partial charge on any atom is -0.346 e. The molecule has 0 aromatic carbocycles. The first-order valence-electron chi connectivity index (χ1n) is 7.60. The van der Waals surface area contributed by atoms with Gasteiger partial charge in [-0.25, -0.2) is 4.98 Å². The second kappa shape index (κ2) is 5.68. The van der Waals surface area contributed by atoms with Crippen LogP contribution in [0.2, 0.25) is 0 Å². The van der Waals surface area contributed by atoms with Gasteiger partial charge in [0.2, 0.25) is 5.82 Å².